The summed E-state index contributed by atoms with van der Waals surface area (Å²) in [6, 6.07) is 0.300. The SMILES string of the molecule is CC(C)CCN(CC(=O)C(C)(C)NC1CCC(NC(=O)NC2CCCCC2C)CC1)C(=O)CN(CCC(=O)O)C(=O)C1CCCC(F)C1. The van der Waals surface area contributed by atoms with E-state index in [1.807, 2.05) is 27.7 Å². The van der Waals surface area contributed by atoms with Crippen LogP contribution in [-0.2, 0) is 19.2 Å². The number of hydrogen-bond acceptors (Lipinski definition) is 6. The lowest BCUT2D eigenvalue weighted by Crippen LogP contribution is -2.57. The van der Waals surface area contributed by atoms with Crippen molar-refractivity contribution in [1.82, 2.24) is 25.8 Å². The molecule has 0 bridgehead atoms. The lowest BCUT2D eigenvalue weighted by molar-refractivity contribution is -0.146. The number of urea groups is 1. The van der Waals surface area contributed by atoms with Gasteiger partial charge in [0.1, 0.15) is 6.17 Å². The van der Waals surface area contributed by atoms with E-state index in [9.17, 15) is 33.5 Å². The summed E-state index contributed by atoms with van der Waals surface area (Å²) >= 11 is 0. The number of aliphatic carboxylic acids is 1. The Morgan fingerprint density at radius 3 is 2.12 bits per heavy atom. The number of hydrogen-bond donors (Lipinski definition) is 4. The van der Waals surface area contributed by atoms with Gasteiger partial charge in [-0.25, -0.2) is 9.18 Å². The van der Waals surface area contributed by atoms with Crippen molar-refractivity contribution in [2.45, 2.75) is 154 Å². The van der Waals surface area contributed by atoms with Crippen LogP contribution in [0.15, 0.2) is 0 Å². The van der Waals surface area contributed by atoms with E-state index in [-0.39, 0.29) is 68.3 Å². The molecule has 3 saturated carbocycles. The zero-order chi connectivity index (χ0) is 35.4. The average Bonchev–Trinajstić information content (AvgIpc) is 3.02. The van der Waals surface area contributed by atoms with Gasteiger partial charge in [0.15, 0.2) is 5.78 Å². The highest BCUT2D eigenvalue weighted by atomic mass is 19.1. The Balaban J connectivity index is 1.56. The van der Waals surface area contributed by atoms with Crippen molar-refractivity contribution in [3.05, 3.63) is 0 Å². The van der Waals surface area contributed by atoms with E-state index in [1.165, 1.54) is 16.2 Å². The third-order valence-corrected chi connectivity index (χ3v) is 10.6. The van der Waals surface area contributed by atoms with Crippen molar-refractivity contribution < 1.29 is 33.5 Å². The van der Waals surface area contributed by atoms with Crippen LogP contribution >= 0.6 is 0 Å². The van der Waals surface area contributed by atoms with Crippen molar-refractivity contribution >= 4 is 29.6 Å². The molecule has 0 aliphatic heterocycles. The van der Waals surface area contributed by atoms with Gasteiger partial charge in [0.25, 0.3) is 0 Å². The highest BCUT2D eigenvalue weighted by Crippen LogP contribution is 2.28. The molecule has 0 radical (unpaired) electrons. The molecule has 0 aromatic carbocycles. The molecule has 4 atom stereocenters. The van der Waals surface area contributed by atoms with Gasteiger partial charge in [-0.1, -0.05) is 33.6 Å². The number of nitrogens with zero attached hydrogens (tertiary/aromatic N) is 2. The Hall–Kier alpha value is -2.76. The molecule has 4 N–H and O–H groups in total. The first-order valence-corrected chi connectivity index (χ1v) is 18.4. The third kappa shape index (κ3) is 12.9. The first kappa shape index (κ1) is 39.7. The van der Waals surface area contributed by atoms with Gasteiger partial charge in [-0.15, -0.1) is 0 Å². The zero-order valence-electron chi connectivity index (χ0n) is 30.0. The lowest BCUT2D eigenvalue weighted by Gasteiger charge is -2.37. The van der Waals surface area contributed by atoms with Crippen LogP contribution in [-0.4, -0.2) is 101 Å². The predicted octanol–water partition coefficient (Wildman–Crippen LogP) is 4.82. The van der Waals surface area contributed by atoms with Gasteiger partial charge >= 0.3 is 12.0 Å². The molecule has 3 fully saturated rings. The first-order chi connectivity index (χ1) is 22.6. The van der Waals surface area contributed by atoms with Gasteiger partial charge < -0.3 is 30.9 Å². The van der Waals surface area contributed by atoms with Crippen molar-refractivity contribution in [1.29, 1.82) is 0 Å². The number of alkyl halides is 1. The number of carbonyl (C=O) groups excluding carboxylic acids is 4. The fraction of sp³-hybridized carbons (Fsp3) is 0.861. The van der Waals surface area contributed by atoms with E-state index in [0.717, 1.165) is 44.9 Å². The summed E-state index contributed by atoms with van der Waals surface area (Å²) in [6.07, 6.45) is 8.58. The van der Waals surface area contributed by atoms with Crippen LogP contribution in [0.4, 0.5) is 9.18 Å². The standard InChI is InChI=1S/C36H62FN5O6/c1-24(2)17-19-41(32(44)23-42(20-18-33(45)46)34(47)26-10-8-11-27(37)21-26)22-31(43)36(4,5)40-29-15-13-28(14-16-29)38-35(48)39-30-12-7-6-9-25(30)3/h24-30,40H,6-23H2,1-5H3,(H,45,46)(H2,38,39,48). The summed E-state index contributed by atoms with van der Waals surface area (Å²) in [5.74, 6) is -1.87. The van der Waals surface area contributed by atoms with Crippen LogP contribution in [0.1, 0.15) is 125 Å². The van der Waals surface area contributed by atoms with Gasteiger partial charge in [0.2, 0.25) is 11.8 Å². The number of carboxylic acid groups (broad SMARTS) is 1. The largest absolute Gasteiger partial charge is 0.481 e. The van der Waals surface area contributed by atoms with Crippen LogP contribution in [0, 0.1) is 17.8 Å². The molecule has 48 heavy (non-hydrogen) atoms. The smallest absolute Gasteiger partial charge is 0.315 e. The summed E-state index contributed by atoms with van der Waals surface area (Å²) in [5, 5.41) is 19.1. The molecule has 3 rings (SSSR count). The van der Waals surface area contributed by atoms with E-state index in [1.54, 1.807) is 0 Å². The van der Waals surface area contributed by atoms with Crippen molar-refractivity contribution in [3.63, 3.8) is 0 Å². The fourth-order valence-electron chi connectivity index (χ4n) is 7.35. The number of Topliss-reactive ketones (excluding diaryl/α,β-unsaturated/α-hetero) is 1. The second kappa shape index (κ2) is 18.9. The van der Waals surface area contributed by atoms with Crippen LogP contribution < -0.4 is 16.0 Å². The number of amides is 4. The molecule has 0 aromatic heterocycles. The van der Waals surface area contributed by atoms with E-state index in [4.69, 9.17) is 0 Å². The topological polar surface area (TPSA) is 148 Å². The van der Waals surface area contributed by atoms with E-state index in [2.05, 4.69) is 22.9 Å². The Kier molecular flexibility index (Phi) is 15.6. The summed E-state index contributed by atoms with van der Waals surface area (Å²) < 4.78 is 14.1. The lowest BCUT2D eigenvalue weighted by atomic mass is 9.86. The molecule has 0 saturated heterocycles. The van der Waals surface area contributed by atoms with Crippen molar-refractivity contribution in [2.24, 2.45) is 17.8 Å². The number of ketones is 1. The zero-order valence-corrected chi connectivity index (χ0v) is 30.0. The maximum absolute atomic E-state index is 14.1. The minimum Gasteiger partial charge on any atom is -0.481 e. The maximum atomic E-state index is 14.1. The first-order valence-electron chi connectivity index (χ1n) is 18.4. The average molecular weight is 680 g/mol. The van der Waals surface area contributed by atoms with Gasteiger partial charge in [-0.2, -0.15) is 0 Å². The molecule has 12 heteroatoms. The molecule has 0 aromatic rings. The van der Waals surface area contributed by atoms with Crippen LogP contribution in [0.25, 0.3) is 0 Å². The summed E-state index contributed by atoms with van der Waals surface area (Å²) in [5.41, 5.74) is -0.924. The predicted molar refractivity (Wildman–Crippen MR) is 183 cm³/mol. The Morgan fingerprint density at radius 1 is 0.833 bits per heavy atom. The molecule has 4 amide bonds. The molecule has 3 aliphatic carbocycles. The van der Waals surface area contributed by atoms with E-state index < -0.39 is 35.4 Å². The molecule has 0 heterocycles. The Bertz CT molecular complexity index is 1090. The maximum Gasteiger partial charge on any atom is 0.315 e. The highest BCUT2D eigenvalue weighted by molar-refractivity contribution is 5.93. The minimum atomic E-state index is -1.09. The minimum absolute atomic E-state index is 0.0803. The quantitative estimate of drug-likeness (QED) is 0.183. The number of carboxylic acids is 1. The monoisotopic (exact) mass is 679 g/mol. The van der Waals surface area contributed by atoms with Crippen LogP contribution in [0.5, 0.6) is 0 Å². The molecular formula is C36H62FN5O6. The highest BCUT2D eigenvalue weighted by Gasteiger charge is 2.36. The fourth-order valence-corrected chi connectivity index (χ4v) is 7.35. The van der Waals surface area contributed by atoms with Gasteiger partial charge in [-0.3, -0.25) is 19.2 Å². The second-order valence-corrected chi connectivity index (χ2v) is 15.6. The van der Waals surface area contributed by atoms with E-state index >= 15 is 0 Å². The number of rotatable bonds is 16. The molecule has 0 spiro atoms. The molecular weight excluding hydrogens is 617 g/mol. The normalized spacial score (nSPS) is 26.4. The van der Waals surface area contributed by atoms with Crippen molar-refractivity contribution in [2.75, 3.05) is 26.2 Å². The Labute approximate surface area is 286 Å². The number of halogens is 1. The third-order valence-electron chi connectivity index (χ3n) is 10.6. The molecule has 4 unspecified atom stereocenters. The summed E-state index contributed by atoms with van der Waals surface area (Å²) in [7, 11) is 0. The van der Waals surface area contributed by atoms with Gasteiger partial charge in [0, 0.05) is 37.1 Å². The molecule has 3 aliphatic rings. The summed E-state index contributed by atoms with van der Waals surface area (Å²) in [6.45, 7) is 9.59. The second-order valence-electron chi connectivity index (χ2n) is 15.6. The summed E-state index contributed by atoms with van der Waals surface area (Å²) in [4.78, 5) is 67.5. The van der Waals surface area contributed by atoms with E-state index in [0.29, 0.717) is 38.1 Å². The Morgan fingerprint density at radius 2 is 1.50 bits per heavy atom. The van der Waals surface area contributed by atoms with Gasteiger partial charge in [0.05, 0.1) is 25.0 Å². The molecule has 11 nitrogen and oxygen atoms in total. The molecule has 274 valence electrons. The van der Waals surface area contributed by atoms with Gasteiger partial charge in [-0.05, 0) is 96.3 Å². The number of carbonyl (C=O) groups is 5. The number of nitrogens with one attached hydrogen (secondary N) is 3. The van der Waals surface area contributed by atoms with Crippen LogP contribution in [0.3, 0.4) is 0 Å². The van der Waals surface area contributed by atoms with Crippen molar-refractivity contribution in [3.8, 4) is 0 Å². The van der Waals surface area contributed by atoms with Crippen LogP contribution in [0.2, 0.25) is 0 Å².